The maximum absolute atomic E-state index is 5.99. The fourth-order valence-electron chi connectivity index (χ4n) is 1.97. The highest BCUT2D eigenvalue weighted by molar-refractivity contribution is 6.30. The second kappa shape index (κ2) is 6.58. The van der Waals surface area contributed by atoms with Gasteiger partial charge in [0.2, 0.25) is 0 Å². The van der Waals surface area contributed by atoms with Gasteiger partial charge in [-0.25, -0.2) is 0 Å². The van der Waals surface area contributed by atoms with E-state index in [1.54, 1.807) is 0 Å². The molecular formula is C16H18ClN. The van der Waals surface area contributed by atoms with E-state index in [0.29, 0.717) is 6.04 Å². The molecule has 0 aromatic heterocycles. The standard InChI is InChI=1S/C16H18ClN/c1-13(15-8-5-9-16(17)12-15)18-11-10-14-6-3-2-4-7-14/h2-9,12-13,18H,10-11H2,1H3/t13-/m1/s1. The van der Waals surface area contributed by atoms with Gasteiger partial charge in [-0.1, -0.05) is 54.1 Å². The fourth-order valence-corrected chi connectivity index (χ4v) is 2.17. The summed E-state index contributed by atoms with van der Waals surface area (Å²) < 4.78 is 0. The van der Waals surface area contributed by atoms with E-state index < -0.39 is 0 Å². The number of hydrogen-bond acceptors (Lipinski definition) is 1. The quantitative estimate of drug-likeness (QED) is 0.847. The Hall–Kier alpha value is -1.31. The molecule has 0 aliphatic rings. The molecule has 0 aliphatic carbocycles. The molecule has 1 N–H and O–H groups in total. The van der Waals surface area contributed by atoms with Crippen molar-refractivity contribution >= 4 is 11.6 Å². The smallest absolute Gasteiger partial charge is 0.0409 e. The maximum Gasteiger partial charge on any atom is 0.0409 e. The monoisotopic (exact) mass is 259 g/mol. The van der Waals surface area contributed by atoms with Crippen molar-refractivity contribution in [2.75, 3.05) is 6.54 Å². The lowest BCUT2D eigenvalue weighted by Gasteiger charge is -2.14. The van der Waals surface area contributed by atoms with Crippen LogP contribution >= 0.6 is 11.6 Å². The fraction of sp³-hybridized carbons (Fsp3) is 0.250. The molecule has 1 atom stereocenters. The van der Waals surface area contributed by atoms with Crippen molar-refractivity contribution in [3.8, 4) is 0 Å². The Morgan fingerprint density at radius 2 is 1.83 bits per heavy atom. The van der Waals surface area contributed by atoms with E-state index in [1.807, 2.05) is 24.3 Å². The lowest BCUT2D eigenvalue weighted by Crippen LogP contribution is -2.21. The molecule has 0 bridgehead atoms. The minimum atomic E-state index is 0.326. The molecule has 2 rings (SSSR count). The van der Waals surface area contributed by atoms with Crippen LogP contribution in [0.25, 0.3) is 0 Å². The highest BCUT2D eigenvalue weighted by Gasteiger charge is 2.04. The molecule has 2 aromatic carbocycles. The van der Waals surface area contributed by atoms with Gasteiger partial charge in [0.25, 0.3) is 0 Å². The lowest BCUT2D eigenvalue weighted by molar-refractivity contribution is 0.577. The number of halogens is 1. The van der Waals surface area contributed by atoms with E-state index in [1.165, 1.54) is 11.1 Å². The van der Waals surface area contributed by atoms with Crippen molar-refractivity contribution in [1.82, 2.24) is 5.32 Å². The third kappa shape index (κ3) is 3.86. The van der Waals surface area contributed by atoms with Gasteiger partial charge in [0, 0.05) is 11.1 Å². The number of benzene rings is 2. The van der Waals surface area contributed by atoms with Crippen LogP contribution in [0, 0.1) is 0 Å². The van der Waals surface area contributed by atoms with Crippen molar-refractivity contribution in [3.63, 3.8) is 0 Å². The zero-order chi connectivity index (χ0) is 12.8. The molecule has 0 fully saturated rings. The molecule has 0 saturated carbocycles. The molecule has 0 saturated heterocycles. The Kier molecular flexibility index (Phi) is 4.80. The molecular weight excluding hydrogens is 242 g/mol. The predicted octanol–water partition coefficient (Wildman–Crippen LogP) is 4.23. The first kappa shape index (κ1) is 13.1. The van der Waals surface area contributed by atoms with E-state index in [2.05, 4.69) is 42.6 Å². The summed E-state index contributed by atoms with van der Waals surface area (Å²) in [4.78, 5) is 0. The summed E-state index contributed by atoms with van der Waals surface area (Å²) in [5, 5.41) is 4.31. The first-order chi connectivity index (χ1) is 8.75. The van der Waals surface area contributed by atoms with Crippen LogP contribution in [0.15, 0.2) is 54.6 Å². The van der Waals surface area contributed by atoms with Crippen molar-refractivity contribution in [2.45, 2.75) is 19.4 Å². The molecule has 0 unspecified atom stereocenters. The van der Waals surface area contributed by atoms with Crippen LogP contribution in [0.2, 0.25) is 5.02 Å². The van der Waals surface area contributed by atoms with Gasteiger partial charge >= 0.3 is 0 Å². The second-order valence-corrected chi connectivity index (χ2v) is 4.90. The molecule has 0 heterocycles. The third-order valence-electron chi connectivity index (χ3n) is 3.06. The normalized spacial score (nSPS) is 12.3. The summed E-state index contributed by atoms with van der Waals surface area (Å²) in [6, 6.07) is 18.9. The topological polar surface area (TPSA) is 12.0 Å². The summed E-state index contributed by atoms with van der Waals surface area (Å²) in [5.41, 5.74) is 2.60. The Bertz CT molecular complexity index is 481. The van der Waals surface area contributed by atoms with E-state index in [9.17, 15) is 0 Å². The van der Waals surface area contributed by atoms with Crippen molar-refractivity contribution in [1.29, 1.82) is 0 Å². The highest BCUT2D eigenvalue weighted by atomic mass is 35.5. The van der Waals surface area contributed by atoms with Crippen LogP contribution in [0.3, 0.4) is 0 Å². The Labute approximate surface area is 114 Å². The van der Waals surface area contributed by atoms with E-state index in [-0.39, 0.29) is 0 Å². The average Bonchev–Trinajstić information content (AvgIpc) is 2.40. The molecule has 0 spiro atoms. The van der Waals surface area contributed by atoms with Gasteiger partial charge in [-0.05, 0) is 43.1 Å². The highest BCUT2D eigenvalue weighted by Crippen LogP contribution is 2.17. The van der Waals surface area contributed by atoms with Crippen LogP contribution in [-0.2, 0) is 6.42 Å². The predicted molar refractivity (Wildman–Crippen MR) is 78.0 cm³/mol. The molecule has 0 amide bonds. The SMILES string of the molecule is C[C@@H](NCCc1ccccc1)c1cccc(Cl)c1. The molecule has 2 aromatic rings. The first-order valence-corrected chi connectivity index (χ1v) is 6.66. The van der Waals surface area contributed by atoms with Crippen molar-refractivity contribution in [2.24, 2.45) is 0 Å². The zero-order valence-electron chi connectivity index (χ0n) is 10.6. The van der Waals surface area contributed by atoms with Gasteiger partial charge < -0.3 is 5.32 Å². The molecule has 18 heavy (non-hydrogen) atoms. The lowest BCUT2D eigenvalue weighted by atomic mass is 10.1. The van der Waals surface area contributed by atoms with Gasteiger partial charge in [-0.15, -0.1) is 0 Å². The van der Waals surface area contributed by atoms with E-state index in [4.69, 9.17) is 11.6 Å². The first-order valence-electron chi connectivity index (χ1n) is 6.28. The number of rotatable bonds is 5. The average molecular weight is 260 g/mol. The van der Waals surface area contributed by atoms with Crippen molar-refractivity contribution < 1.29 is 0 Å². The minimum absolute atomic E-state index is 0.326. The van der Waals surface area contributed by atoms with Crippen LogP contribution in [0.1, 0.15) is 24.1 Å². The zero-order valence-corrected chi connectivity index (χ0v) is 11.3. The summed E-state index contributed by atoms with van der Waals surface area (Å²) in [6.45, 7) is 3.13. The summed E-state index contributed by atoms with van der Waals surface area (Å²) in [6.07, 6.45) is 1.05. The van der Waals surface area contributed by atoms with Gasteiger partial charge in [0.05, 0.1) is 0 Å². The molecule has 2 heteroatoms. The summed E-state index contributed by atoms with van der Waals surface area (Å²) in [5.74, 6) is 0. The Morgan fingerprint density at radius 1 is 1.06 bits per heavy atom. The van der Waals surface area contributed by atoms with Crippen LogP contribution in [0.4, 0.5) is 0 Å². The molecule has 1 nitrogen and oxygen atoms in total. The van der Waals surface area contributed by atoms with E-state index >= 15 is 0 Å². The molecule has 94 valence electrons. The van der Waals surface area contributed by atoms with Crippen molar-refractivity contribution in [3.05, 3.63) is 70.7 Å². The van der Waals surface area contributed by atoms with E-state index in [0.717, 1.165) is 18.0 Å². The van der Waals surface area contributed by atoms with Gasteiger partial charge in [0.1, 0.15) is 0 Å². The Balaban J connectivity index is 1.83. The summed E-state index contributed by atoms with van der Waals surface area (Å²) in [7, 11) is 0. The maximum atomic E-state index is 5.99. The second-order valence-electron chi connectivity index (χ2n) is 4.47. The van der Waals surface area contributed by atoms with Crippen LogP contribution < -0.4 is 5.32 Å². The largest absolute Gasteiger partial charge is 0.310 e. The van der Waals surface area contributed by atoms with Crippen LogP contribution in [-0.4, -0.2) is 6.54 Å². The molecule has 0 aliphatic heterocycles. The third-order valence-corrected chi connectivity index (χ3v) is 3.29. The summed E-state index contributed by atoms with van der Waals surface area (Å²) >= 11 is 5.99. The van der Waals surface area contributed by atoms with Gasteiger partial charge in [-0.3, -0.25) is 0 Å². The Morgan fingerprint density at radius 3 is 2.56 bits per heavy atom. The van der Waals surface area contributed by atoms with Gasteiger partial charge in [0.15, 0.2) is 0 Å². The van der Waals surface area contributed by atoms with Crippen LogP contribution in [0.5, 0.6) is 0 Å². The van der Waals surface area contributed by atoms with Gasteiger partial charge in [-0.2, -0.15) is 0 Å². The molecule has 0 radical (unpaired) electrons. The number of hydrogen-bond donors (Lipinski definition) is 1. The number of nitrogens with one attached hydrogen (secondary N) is 1. The minimum Gasteiger partial charge on any atom is -0.310 e.